The molecule has 136 valence electrons. The molecule has 1 aliphatic rings. The van der Waals surface area contributed by atoms with Crippen LogP contribution in [0.25, 0.3) is 0 Å². The molecule has 0 bridgehead atoms. The first kappa shape index (κ1) is 22.3. The van der Waals surface area contributed by atoms with Crippen LogP contribution in [-0.4, -0.2) is 5.60 Å². The van der Waals surface area contributed by atoms with E-state index in [1.165, 1.54) is 56.1 Å². The van der Waals surface area contributed by atoms with Crippen LogP contribution in [0.2, 0.25) is 0 Å². The summed E-state index contributed by atoms with van der Waals surface area (Å²) < 4.78 is 6.02. The summed E-state index contributed by atoms with van der Waals surface area (Å²) in [6.45, 7) is 15.3. The first-order chi connectivity index (χ1) is 10.8. The molecule has 1 heteroatoms. The van der Waals surface area contributed by atoms with Gasteiger partial charge in [-0.3, -0.25) is 0 Å². The largest absolute Gasteiger partial charge is 0.492 e. The van der Waals surface area contributed by atoms with Crippen LogP contribution in [0.1, 0.15) is 113 Å². The van der Waals surface area contributed by atoms with Crippen LogP contribution in [0.5, 0.6) is 0 Å². The fourth-order valence-corrected chi connectivity index (χ4v) is 2.83. The molecule has 0 amide bonds. The maximum absolute atomic E-state index is 6.02. The Morgan fingerprint density at radius 2 is 1.61 bits per heavy atom. The van der Waals surface area contributed by atoms with Gasteiger partial charge in [0.2, 0.25) is 0 Å². The van der Waals surface area contributed by atoms with Crippen LogP contribution < -0.4 is 0 Å². The molecular weight excluding hydrogens is 280 g/mol. The summed E-state index contributed by atoms with van der Waals surface area (Å²) in [4.78, 5) is 0. The van der Waals surface area contributed by atoms with Crippen molar-refractivity contribution < 1.29 is 4.74 Å². The van der Waals surface area contributed by atoms with Gasteiger partial charge in [0.25, 0.3) is 0 Å². The van der Waals surface area contributed by atoms with Crippen LogP contribution in [0, 0.1) is 0 Å². The molecular formula is C22H42O. The topological polar surface area (TPSA) is 9.23 Å². The van der Waals surface area contributed by atoms with E-state index in [1.54, 1.807) is 0 Å². The van der Waals surface area contributed by atoms with E-state index in [0.717, 1.165) is 25.0 Å². The monoisotopic (exact) mass is 322 g/mol. The molecule has 0 saturated heterocycles. The van der Waals surface area contributed by atoms with Crippen molar-refractivity contribution in [3.05, 3.63) is 23.0 Å². The van der Waals surface area contributed by atoms with Gasteiger partial charge in [0, 0.05) is 0 Å². The Hall–Kier alpha value is -0.720. The fraction of sp³-hybridized carbons (Fsp3) is 0.818. The number of hydrogen-bond acceptors (Lipinski definition) is 1. The molecule has 0 aromatic heterocycles. The number of allylic oxidation sites excluding steroid dienone is 4. The van der Waals surface area contributed by atoms with E-state index in [0.29, 0.717) is 0 Å². The van der Waals surface area contributed by atoms with Gasteiger partial charge in [0.15, 0.2) is 0 Å². The molecule has 1 atom stereocenters. The number of hydrogen-bond donors (Lipinski definition) is 0. The van der Waals surface area contributed by atoms with Crippen molar-refractivity contribution in [1.29, 1.82) is 0 Å². The minimum absolute atomic E-state index is 0.0650. The molecule has 0 radical (unpaired) electrons. The SMILES string of the molecule is CC(C)=CCCC1(C)CCC(C)=C(C)O1.CCCCCCCC. The molecule has 0 aliphatic carbocycles. The lowest BCUT2D eigenvalue weighted by molar-refractivity contribution is -0.00872. The van der Waals surface area contributed by atoms with E-state index in [-0.39, 0.29) is 5.60 Å². The molecule has 23 heavy (non-hydrogen) atoms. The van der Waals surface area contributed by atoms with E-state index in [2.05, 4.69) is 54.5 Å². The predicted molar refractivity (Wildman–Crippen MR) is 105 cm³/mol. The van der Waals surface area contributed by atoms with Crippen molar-refractivity contribution in [3.8, 4) is 0 Å². The average molecular weight is 323 g/mol. The van der Waals surface area contributed by atoms with Crippen molar-refractivity contribution in [2.75, 3.05) is 0 Å². The molecule has 0 aromatic rings. The van der Waals surface area contributed by atoms with Gasteiger partial charge in [-0.2, -0.15) is 0 Å². The zero-order chi connectivity index (χ0) is 17.7. The van der Waals surface area contributed by atoms with Gasteiger partial charge in [-0.1, -0.05) is 64.0 Å². The molecule has 0 aromatic carbocycles. The van der Waals surface area contributed by atoms with Crippen molar-refractivity contribution in [2.24, 2.45) is 0 Å². The smallest absolute Gasteiger partial charge is 0.106 e. The summed E-state index contributed by atoms with van der Waals surface area (Å²) in [5, 5.41) is 0. The highest BCUT2D eigenvalue weighted by atomic mass is 16.5. The molecule has 0 saturated carbocycles. The minimum Gasteiger partial charge on any atom is -0.492 e. The van der Waals surface area contributed by atoms with E-state index < -0.39 is 0 Å². The number of rotatable bonds is 8. The molecule has 1 nitrogen and oxygen atoms in total. The second-order valence-corrected chi connectivity index (χ2v) is 7.62. The third-order valence-corrected chi connectivity index (χ3v) is 4.71. The number of unbranched alkanes of at least 4 members (excludes halogenated alkanes) is 5. The normalized spacial score (nSPS) is 20.5. The summed E-state index contributed by atoms with van der Waals surface area (Å²) in [5.41, 5.74) is 2.88. The fourth-order valence-electron chi connectivity index (χ4n) is 2.83. The van der Waals surface area contributed by atoms with Crippen molar-refractivity contribution in [1.82, 2.24) is 0 Å². The van der Waals surface area contributed by atoms with Crippen LogP contribution in [0.4, 0.5) is 0 Å². The van der Waals surface area contributed by atoms with Gasteiger partial charge in [-0.05, 0) is 65.9 Å². The Morgan fingerprint density at radius 1 is 1.04 bits per heavy atom. The Balaban J connectivity index is 0.000000515. The lowest BCUT2D eigenvalue weighted by atomic mass is 9.89. The third kappa shape index (κ3) is 11.5. The summed E-state index contributed by atoms with van der Waals surface area (Å²) in [5.74, 6) is 1.14. The molecule has 0 spiro atoms. The minimum atomic E-state index is 0.0650. The third-order valence-electron chi connectivity index (χ3n) is 4.71. The maximum Gasteiger partial charge on any atom is 0.106 e. The lowest BCUT2D eigenvalue weighted by Gasteiger charge is -2.35. The van der Waals surface area contributed by atoms with Crippen molar-refractivity contribution in [2.45, 2.75) is 118 Å². The Labute approximate surface area is 146 Å². The lowest BCUT2D eigenvalue weighted by Crippen LogP contribution is -2.31. The zero-order valence-electron chi connectivity index (χ0n) is 17.1. The van der Waals surface area contributed by atoms with Gasteiger partial charge in [0.05, 0.1) is 5.76 Å². The quantitative estimate of drug-likeness (QED) is 0.325. The highest BCUT2D eigenvalue weighted by molar-refractivity contribution is 5.09. The molecule has 1 rings (SSSR count). The average Bonchev–Trinajstić information content (AvgIpc) is 2.48. The van der Waals surface area contributed by atoms with E-state index >= 15 is 0 Å². The van der Waals surface area contributed by atoms with Crippen molar-refractivity contribution >= 4 is 0 Å². The Morgan fingerprint density at radius 3 is 2.04 bits per heavy atom. The number of ether oxygens (including phenoxy) is 1. The summed E-state index contributed by atoms with van der Waals surface area (Å²) >= 11 is 0. The van der Waals surface area contributed by atoms with Gasteiger partial charge in [0.1, 0.15) is 5.60 Å². The first-order valence-corrected chi connectivity index (χ1v) is 9.83. The molecule has 0 fully saturated rings. The van der Waals surface area contributed by atoms with Gasteiger partial charge in [-0.25, -0.2) is 0 Å². The predicted octanol–water partition coefficient (Wildman–Crippen LogP) is 7.96. The second-order valence-electron chi connectivity index (χ2n) is 7.62. The van der Waals surface area contributed by atoms with E-state index in [4.69, 9.17) is 4.74 Å². The highest BCUT2D eigenvalue weighted by Crippen LogP contribution is 2.34. The molecule has 1 unspecified atom stereocenters. The molecule has 1 aliphatic heterocycles. The Bertz CT molecular complexity index is 354. The first-order valence-electron chi connectivity index (χ1n) is 9.83. The summed E-state index contributed by atoms with van der Waals surface area (Å²) in [6.07, 6.45) is 15.4. The zero-order valence-corrected chi connectivity index (χ0v) is 17.1. The van der Waals surface area contributed by atoms with E-state index in [1.807, 2.05) is 0 Å². The van der Waals surface area contributed by atoms with Crippen LogP contribution in [0.3, 0.4) is 0 Å². The summed E-state index contributed by atoms with van der Waals surface area (Å²) in [7, 11) is 0. The van der Waals surface area contributed by atoms with E-state index in [9.17, 15) is 0 Å². The summed E-state index contributed by atoms with van der Waals surface area (Å²) in [6, 6.07) is 0. The van der Waals surface area contributed by atoms with Crippen LogP contribution in [-0.2, 0) is 4.74 Å². The molecule has 1 heterocycles. The Kier molecular flexibility index (Phi) is 12.3. The van der Waals surface area contributed by atoms with Gasteiger partial charge >= 0.3 is 0 Å². The maximum atomic E-state index is 6.02. The van der Waals surface area contributed by atoms with Crippen LogP contribution >= 0.6 is 0 Å². The van der Waals surface area contributed by atoms with Crippen LogP contribution in [0.15, 0.2) is 23.0 Å². The van der Waals surface area contributed by atoms with Gasteiger partial charge < -0.3 is 4.74 Å². The van der Waals surface area contributed by atoms with Crippen molar-refractivity contribution in [3.63, 3.8) is 0 Å². The molecule has 0 N–H and O–H groups in total. The van der Waals surface area contributed by atoms with Gasteiger partial charge in [-0.15, -0.1) is 0 Å². The highest BCUT2D eigenvalue weighted by Gasteiger charge is 2.29. The standard InChI is InChI=1S/C14H24O.C8H18/c1-11(2)7-6-9-14(5)10-8-12(3)13(4)15-14;1-3-5-7-8-6-4-2/h7H,6,8-10H2,1-5H3;3-8H2,1-2H3. The second kappa shape index (κ2) is 12.7.